The zero-order chi connectivity index (χ0) is 18.2. The van der Waals surface area contributed by atoms with Gasteiger partial charge in [0.15, 0.2) is 5.13 Å². The van der Waals surface area contributed by atoms with E-state index in [1.165, 1.54) is 21.9 Å². The standard InChI is InChI=1S/C16H21N3O4S2/c1-10-6-7-12(23-2)13-14(10)24-16(17-13)18-15(20)11-5-4-8-19(9-11)25(3,21)22/h6-7,11H,4-5,8-9H2,1-3H3,(H,17,18,20). The van der Waals surface area contributed by atoms with Crippen LogP contribution in [0.25, 0.3) is 10.2 Å². The monoisotopic (exact) mass is 383 g/mol. The smallest absolute Gasteiger partial charge is 0.230 e. The molecule has 1 aromatic heterocycles. The van der Waals surface area contributed by atoms with Crippen LogP contribution in [0.3, 0.4) is 0 Å². The fourth-order valence-corrected chi connectivity index (χ4v) is 4.86. The number of sulfonamides is 1. The van der Waals surface area contributed by atoms with E-state index < -0.39 is 10.0 Å². The Labute approximate surface area is 151 Å². The molecule has 136 valence electrons. The van der Waals surface area contributed by atoms with Crippen molar-refractivity contribution >= 4 is 42.6 Å². The van der Waals surface area contributed by atoms with Gasteiger partial charge in [0.25, 0.3) is 0 Å². The van der Waals surface area contributed by atoms with Crippen molar-refractivity contribution in [3.63, 3.8) is 0 Å². The summed E-state index contributed by atoms with van der Waals surface area (Å²) in [5.41, 5.74) is 1.79. The van der Waals surface area contributed by atoms with Crippen LogP contribution >= 0.6 is 11.3 Å². The van der Waals surface area contributed by atoms with Gasteiger partial charge in [0.2, 0.25) is 15.9 Å². The van der Waals surface area contributed by atoms with Gasteiger partial charge in [-0.1, -0.05) is 17.4 Å². The normalized spacial score (nSPS) is 19.1. The van der Waals surface area contributed by atoms with Crippen molar-refractivity contribution in [2.75, 3.05) is 31.8 Å². The highest BCUT2D eigenvalue weighted by Gasteiger charge is 2.30. The fraction of sp³-hybridized carbons (Fsp3) is 0.500. The summed E-state index contributed by atoms with van der Waals surface area (Å²) in [4.78, 5) is 17.0. The van der Waals surface area contributed by atoms with E-state index in [-0.39, 0.29) is 18.4 Å². The van der Waals surface area contributed by atoms with Gasteiger partial charge < -0.3 is 10.1 Å². The molecule has 9 heteroatoms. The molecule has 1 aromatic carbocycles. The van der Waals surface area contributed by atoms with E-state index in [4.69, 9.17) is 4.74 Å². The number of piperidine rings is 1. The summed E-state index contributed by atoms with van der Waals surface area (Å²) in [7, 11) is -1.69. The summed E-state index contributed by atoms with van der Waals surface area (Å²) >= 11 is 1.40. The highest BCUT2D eigenvalue weighted by molar-refractivity contribution is 7.88. The van der Waals surface area contributed by atoms with Crippen LogP contribution in [-0.4, -0.2) is 50.1 Å². The number of carbonyl (C=O) groups is 1. The lowest BCUT2D eigenvalue weighted by molar-refractivity contribution is -0.120. The number of amides is 1. The molecular weight excluding hydrogens is 362 g/mol. The third-order valence-corrected chi connectivity index (χ3v) is 6.75. The van der Waals surface area contributed by atoms with Crippen molar-refractivity contribution in [1.29, 1.82) is 0 Å². The third kappa shape index (κ3) is 3.78. The predicted octanol–water partition coefficient (Wildman–Crippen LogP) is 2.22. The Kier molecular flexibility index (Phi) is 4.99. The van der Waals surface area contributed by atoms with Crippen LogP contribution in [0.5, 0.6) is 5.75 Å². The Morgan fingerprint density at radius 1 is 1.44 bits per heavy atom. The minimum atomic E-state index is -3.28. The van der Waals surface area contributed by atoms with Crippen molar-refractivity contribution in [3.05, 3.63) is 17.7 Å². The highest BCUT2D eigenvalue weighted by Crippen LogP contribution is 2.35. The zero-order valence-electron chi connectivity index (χ0n) is 14.4. The van der Waals surface area contributed by atoms with Gasteiger partial charge in [-0.2, -0.15) is 0 Å². The number of carbonyl (C=O) groups excluding carboxylic acids is 1. The molecule has 1 N–H and O–H groups in total. The molecule has 1 fully saturated rings. The molecule has 2 aromatic rings. The number of hydrogen-bond donors (Lipinski definition) is 1. The summed E-state index contributed by atoms with van der Waals surface area (Å²) in [6.45, 7) is 2.68. The second kappa shape index (κ2) is 6.89. The van der Waals surface area contributed by atoms with E-state index in [9.17, 15) is 13.2 Å². The second-order valence-corrected chi connectivity index (χ2v) is 9.21. The van der Waals surface area contributed by atoms with Crippen molar-refractivity contribution in [2.24, 2.45) is 5.92 Å². The average Bonchev–Trinajstić information content (AvgIpc) is 2.99. The molecule has 0 radical (unpaired) electrons. The third-order valence-electron chi connectivity index (χ3n) is 4.38. The van der Waals surface area contributed by atoms with E-state index in [2.05, 4.69) is 10.3 Å². The molecule has 25 heavy (non-hydrogen) atoms. The minimum Gasteiger partial charge on any atom is -0.494 e. The molecule has 1 aliphatic heterocycles. The topological polar surface area (TPSA) is 88.6 Å². The maximum Gasteiger partial charge on any atom is 0.230 e. The quantitative estimate of drug-likeness (QED) is 0.875. The summed E-state index contributed by atoms with van der Waals surface area (Å²) < 4.78 is 31.1. The number of hydrogen-bond acceptors (Lipinski definition) is 6. The maximum atomic E-state index is 12.6. The van der Waals surface area contributed by atoms with Crippen LogP contribution in [0.1, 0.15) is 18.4 Å². The number of fused-ring (bicyclic) bond motifs is 1. The molecule has 1 saturated heterocycles. The number of nitrogens with one attached hydrogen (secondary N) is 1. The molecular formula is C16H21N3O4S2. The van der Waals surface area contributed by atoms with Gasteiger partial charge in [0.1, 0.15) is 11.3 Å². The molecule has 1 unspecified atom stereocenters. The first kappa shape index (κ1) is 18.1. The first-order valence-electron chi connectivity index (χ1n) is 7.99. The zero-order valence-corrected chi connectivity index (χ0v) is 16.0. The number of methoxy groups -OCH3 is 1. The van der Waals surface area contributed by atoms with Gasteiger partial charge in [0, 0.05) is 13.1 Å². The fourth-order valence-electron chi connectivity index (χ4n) is 2.99. The molecule has 0 bridgehead atoms. The molecule has 0 aliphatic carbocycles. The predicted molar refractivity (Wildman–Crippen MR) is 98.7 cm³/mol. The minimum absolute atomic E-state index is 0.191. The van der Waals surface area contributed by atoms with Crippen molar-refractivity contribution in [2.45, 2.75) is 19.8 Å². The van der Waals surface area contributed by atoms with Gasteiger partial charge in [-0.05, 0) is 31.4 Å². The Morgan fingerprint density at radius 2 is 2.20 bits per heavy atom. The molecule has 3 rings (SSSR count). The molecule has 2 heterocycles. The van der Waals surface area contributed by atoms with Crippen LogP contribution in [0, 0.1) is 12.8 Å². The van der Waals surface area contributed by atoms with Crippen molar-refractivity contribution in [3.8, 4) is 5.75 Å². The SMILES string of the molecule is COc1ccc(C)c2sc(NC(=O)C3CCCN(S(C)(=O)=O)C3)nc12. The lowest BCUT2D eigenvalue weighted by Crippen LogP contribution is -2.43. The number of ether oxygens (including phenoxy) is 1. The molecule has 0 saturated carbocycles. The van der Waals surface area contributed by atoms with E-state index in [1.54, 1.807) is 7.11 Å². The van der Waals surface area contributed by atoms with E-state index in [0.717, 1.165) is 15.8 Å². The second-order valence-electron chi connectivity index (χ2n) is 6.23. The van der Waals surface area contributed by atoms with Crippen LogP contribution in [0.4, 0.5) is 5.13 Å². The lowest BCUT2D eigenvalue weighted by Gasteiger charge is -2.29. The van der Waals surface area contributed by atoms with Crippen molar-refractivity contribution in [1.82, 2.24) is 9.29 Å². The number of anilines is 1. The van der Waals surface area contributed by atoms with Crippen LogP contribution in [0.2, 0.25) is 0 Å². The highest BCUT2D eigenvalue weighted by atomic mass is 32.2. The Hall–Kier alpha value is -1.71. The largest absolute Gasteiger partial charge is 0.494 e. The molecule has 7 nitrogen and oxygen atoms in total. The van der Waals surface area contributed by atoms with Gasteiger partial charge in [-0.3, -0.25) is 4.79 Å². The molecule has 1 amide bonds. The number of aromatic nitrogens is 1. The maximum absolute atomic E-state index is 12.6. The number of benzene rings is 1. The van der Waals surface area contributed by atoms with Crippen LogP contribution in [-0.2, 0) is 14.8 Å². The summed E-state index contributed by atoms with van der Waals surface area (Å²) in [6, 6.07) is 3.81. The van der Waals surface area contributed by atoms with E-state index in [0.29, 0.717) is 30.3 Å². The van der Waals surface area contributed by atoms with Gasteiger partial charge in [0.05, 0.1) is 24.0 Å². The van der Waals surface area contributed by atoms with E-state index >= 15 is 0 Å². The summed E-state index contributed by atoms with van der Waals surface area (Å²) in [5.74, 6) is 0.112. The first-order valence-corrected chi connectivity index (χ1v) is 10.7. The molecule has 1 atom stereocenters. The average molecular weight is 383 g/mol. The number of thiazole rings is 1. The summed E-state index contributed by atoms with van der Waals surface area (Å²) in [6.07, 6.45) is 2.53. The Balaban J connectivity index is 1.79. The van der Waals surface area contributed by atoms with Crippen LogP contribution < -0.4 is 10.1 Å². The first-order chi connectivity index (χ1) is 11.8. The number of rotatable bonds is 4. The van der Waals surface area contributed by atoms with Gasteiger partial charge in [-0.15, -0.1) is 0 Å². The van der Waals surface area contributed by atoms with Crippen LogP contribution in [0.15, 0.2) is 12.1 Å². The lowest BCUT2D eigenvalue weighted by atomic mass is 9.99. The molecule has 0 spiro atoms. The van der Waals surface area contributed by atoms with E-state index in [1.807, 2.05) is 19.1 Å². The Bertz CT molecular complexity index is 907. The van der Waals surface area contributed by atoms with Gasteiger partial charge >= 0.3 is 0 Å². The molecule has 1 aliphatic rings. The summed E-state index contributed by atoms with van der Waals surface area (Å²) in [5, 5.41) is 3.35. The number of nitrogens with zero attached hydrogens (tertiary/aromatic N) is 2. The van der Waals surface area contributed by atoms with Gasteiger partial charge in [-0.25, -0.2) is 17.7 Å². The van der Waals surface area contributed by atoms with Crippen molar-refractivity contribution < 1.29 is 17.9 Å². The number of aryl methyl sites for hydroxylation is 1. The Morgan fingerprint density at radius 3 is 2.88 bits per heavy atom.